The highest BCUT2D eigenvalue weighted by Crippen LogP contribution is 2.26. The number of halogens is 4. The molecule has 1 aromatic rings. The van der Waals surface area contributed by atoms with Crippen molar-refractivity contribution in [1.82, 2.24) is 10.6 Å². The van der Waals surface area contributed by atoms with Gasteiger partial charge in [-0.1, -0.05) is 17.7 Å². The monoisotopic (exact) mass is 381 g/mol. The van der Waals surface area contributed by atoms with Crippen LogP contribution in [-0.2, 0) is 9.59 Å². The highest BCUT2D eigenvalue weighted by atomic mass is 35.5. The van der Waals surface area contributed by atoms with Crippen LogP contribution in [0.4, 0.5) is 18.9 Å². The second-order valence-electron chi connectivity index (χ2n) is 5.24. The fourth-order valence-corrected chi connectivity index (χ4v) is 3.05. The van der Waals surface area contributed by atoms with Crippen LogP contribution in [0, 0.1) is 6.92 Å². The fraction of sp³-hybridized carbons (Fsp3) is 0.429. The number of amides is 2. The van der Waals surface area contributed by atoms with Crippen LogP contribution >= 0.6 is 23.4 Å². The molecule has 2 rings (SSSR count). The summed E-state index contributed by atoms with van der Waals surface area (Å²) in [6.07, 6.45) is -5.19. The molecule has 1 aromatic carbocycles. The summed E-state index contributed by atoms with van der Waals surface area (Å²) in [7, 11) is 0. The molecular formula is C14H15ClF3N3O2S. The molecule has 2 unspecified atom stereocenters. The zero-order valence-electron chi connectivity index (χ0n) is 12.5. The first kappa shape index (κ1) is 18.9. The molecule has 132 valence electrons. The molecular weight excluding hydrogens is 367 g/mol. The normalized spacial score (nSPS) is 21.3. The topological polar surface area (TPSA) is 70.2 Å². The van der Waals surface area contributed by atoms with E-state index in [2.05, 4.69) is 16.0 Å². The average molecular weight is 382 g/mol. The van der Waals surface area contributed by atoms with Crippen molar-refractivity contribution in [2.75, 3.05) is 11.1 Å². The molecule has 3 N–H and O–H groups in total. The predicted molar refractivity (Wildman–Crippen MR) is 86.8 cm³/mol. The van der Waals surface area contributed by atoms with Crippen molar-refractivity contribution in [1.29, 1.82) is 0 Å². The lowest BCUT2D eigenvalue weighted by Crippen LogP contribution is -2.59. The molecule has 0 spiro atoms. The maximum atomic E-state index is 12.7. The fourth-order valence-electron chi connectivity index (χ4n) is 2.00. The number of thioether (sulfide) groups is 1. The Labute approximate surface area is 145 Å². The molecule has 0 saturated carbocycles. The standard InChI is InChI=1S/C14H15ClF3N3O2S/c1-7-2-3-8(4-9(7)15)19-12(23)6-24-13-20-10(14(16,17)18)5-11(22)21-13/h2-4,10,13,20H,5-6H2,1H3,(H,19,23)(H,21,22). The van der Waals surface area contributed by atoms with E-state index >= 15 is 0 Å². The molecule has 2 amide bonds. The van der Waals surface area contributed by atoms with Crippen LogP contribution in [0.25, 0.3) is 0 Å². The van der Waals surface area contributed by atoms with Crippen LogP contribution in [0.15, 0.2) is 18.2 Å². The second-order valence-corrected chi connectivity index (χ2v) is 6.74. The van der Waals surface area contributed by atoms with E-state index < -0.39 is 36.0 Å². The molecule has 1 aliphatic rings. The van der Waals surface area contributed by atoms with Crippen molar-refractivity contribution in [2.45, 2.75) is 31.1 Å². The number of aryl methyl sites for hydroxylation is 1. The highest BCUT2D eigenvalue weighted by Gasteiger charge is 2.44. The Kier molecular flexibility index (Phi) is 6.00. The number of benzene rings is 1. The third-order valence-corrected chi connectivity index (χ3v) is 4.69. The van der Waals surface area contributed by atoms with Crippen molar-refractivity contribution in [3.8, 4) is 0 Å². The van der Waals surface area contributed by atoms with E-state index in [1.807, 2.05) is 6.92 Å². The largest absolute Gasteiger partial charge is 0.404 e. The maximum absolute atomic E-state index is 12.7. The number of carbonyl (C=O) groups is 2. The Morgan fingerprint density at radius 1 is 1.46 bits per heavy atom. The smallest absolute Gasteiger partial charge is 0.332 e. The Morgan fingerprint density at radius 2 is 2.17 bits per heavy atom. The van der Waals surface area contributed by atoms with Crippen molar-refractivity contribution >= 4 is 40.9 Å². The third kappa shape index (κ3) is 5.29. The SMILES string of the molecule is Cc1ccc(NC(=O)CSC2NC(=O)CC(C(F)(F)F)N2)cc1Cl. The Hall–Kier alpha value is -1.45. The number of alkyl halides is 3. The summed E-state index contributed by atoms with van der Waals surface area (Å²) in [6.45, 7) is 1.82. The Bertz CT molecular complexity index is 642. The summed E-state index contributed by atoms with van der Waals surface area (Å²) in [6, 6.07) is 3.08. The van der Waals surface area contributed by atoms with Gasteiger partial charge in [-0.05, 0) is 24.6 Å². The number of nitrogens with one attached hydrogen (secondary N) is 3. The zero-order chi connectivity index (χ0) is 17.9. The molecule has 5 nitrogen and oxygen atoms in total. The first-order chi connectivity index (χ1) is 11.1. The summed E-state index contributed by atoms with van der Waals surface area (Å²) in [5.74, 6) is -1.25. The number of hydrogen-bond donors (Lipinski definition) is 3. The average Bonchev–Trinajstić information content (AvgIpc) is 2.47. The van der Waals surface area contributed by atoms with E-state index in [0.717, 1.165) is 17.3 Å². The van der Waals surface area contributed by atoms with Gasteiger partial charge in [-0.15, -0.1) is 11.8 Å². The van der Waals surface area contributed by atoms with Gasteiger partial charge in [0.05, 0.1) is 12.2 Å². The molecule has 1 aliphatic heterocycles. The van der Waals surface area contributed by atoms with Gasteiger partial charge in [0.15, 0.2) is 0 Å². The third-order valence-electron chi connectivity index (χ3n) is 3.27. The van der Waals surface area contributed by atoms with Gasteiger partial charge in [-0.2, -0.15) is 13.2 Å². The number of anilines is 1. The maximum Gasteiger partial charge on any atom is 0.404 e. The first-order valence-electron chi connectivity index (χ1n) is 6.95. The summed E-state index contributed by atoms with van der Waals surface area (Å²) >= 11 is 6.82. The van der Waals surface area contributed by atoms with Gasteiger partial charge in [0.25, 0.3) is 0 Å². The molecule has 1 heterocycles. The summed E-state index contributed by atoms with van der Waals surface area (Å²) in [5.41, 5.74) is 0.367. The molecule has 10 heteroatoms. The van der Waals surface area contributed by atoms with Gasteiger partial charge in [0.1, 0.15) is 11.5 Å². The first-order valence-corrected chi connectivity index (χ1v) is 8.37. The van der Waals surface area contributed by atoms with Crippen molar-refractivity contribution in [2.24, 2.45) is 0 Å². The van der Waals surface area contributed by atoms with E-state index in [-0.39, 0.29) is 5.75 Å². The van der Waals surface area contributed by atoms with Crippen molar-refractivity contribution in [3.63, 3.8) is 0 Å². The van der Waals surface area contributed by atoms with Gasteiger partial charge in [0, 0.05) is 10.7 Å². The molecule has 0 bridgehead atoms. The molecule has 0 aliphatic carbocycles. The molecule has 1 saturated heterocycles. The molecule has 0 radical (unpaired) electrons. The highest BCUT2D eigenvalue weighted by molar-refractivity contribution is 8.00. The molecule has 1 fully saturated rings. The van der Waals surface area contributed by atoms with Crippen LogP contribution in [0.1, 0.15) is 12.0 Å². The Balaban J connectivity index is 1.86. The lowest BCUT2D eigenvalue weighted by Gasteiger charge is -2.32. The summed E-state index contributed by atoms with van der Waals surface area (Å²) in [5, 5.41) is 7.72. The lowest BCUT2D eigenvalue weighted by molar-refractivity contribution is -0.167. The number of carbonyl (C=O) groups excluding carboxylic acids is 2. The van der Waals surface area contributed by atoms with Crippen LogP contribution in [0.5, 0.6) is 0 Å². The van der Waals surface area contributed by atoms with E-state index in [1.165, 1.54) is 0 Å². The van der Waals surface area contributed by atoms with E-state index in [4.69, 9.17) is 11.6 Å². The van der Waals surface area contributed by atoms with Crippen LogP contribution in [0.3, 0.4) is 0 Å². The van der Waals surface area contributed by atoms with Crippen LogP contribution in [0.2, 0.25) is 5.02 Å². The van der Waals surface area contributed by atoms with Gasteiger partial charge < -0.3 is 10.6 Å². The van der Waals surface area contributed by atoms with Gasteiger partial charge in [-0.25, -0.2) is 0 Å². The van der Waals surface area contributed by atoms with Gasteiger partial charge in [0.2, 0.25) is 11.8 Å². The Morgan fingerprint density at radius 3 is 2.79 bits per heavy atom. The molecule has 2 atom stereocenters. The van der Waals surface area contributed by atoms with Gasteiger partial charge >= 0.3 is 6.18 Å². The second kappa shape index (κ2) is 7.62. The summed E-state index contributed by atoms with van der Waals surface area (Å²) in [4.78, 5) is 23.2. The van der Waals surface area contributed by atoms with E-state index in [9.17, 15) is 22.8 Å². The van der Waals surface area contributed by atoms with Crippen molar-refractivity contribution < 1.29 is 22.8 Å². The summed E-state index contributed by atoms with van der Waals surface area (Å²) < 4.78 is 38.1. The minimum Gasteiger partial charge on any atom is -0.332 e. The molecule has 0 aromatic heterocycles. The van der Waals surface area contributed by atoms with Crippen molar-refractivity contribution in [3.05, 3.63) is 28.8 Å². The zero-order valence-corrected chi connectivity index (χ0v) is 14.1. The minimum absolute atomic E-state index is 0.131. The lowest BCUT2D eigenvalue weighted by atomic mass is 10.1. The quantitative estimate of drug-likeness (QED) is 0.750. The van der Waals surface area contributed by atoms with Crippen LogP contribution < -0.4 is 16.0 Å². The predicted octanol–water partition coefficient (Wildman–Crippen LogP) is 2.64. The minimum atomic E-state index is -4.52. The van der Waals surface area contributed by atoms with Gasteiger partial charge in [-0.3, -0.25) is 14.9 Å². The number of rotatable bonds is 4. The molecule has 24 heavy (non-hydrogen) atoms. The van der Waals surface area contributed by atoms with Crippen LogP contribution in [-0.4, -0.2) is 35.3 Å². The number of hydrogen-bond acceptors (Lipinski definition) is 4. The van der Waals surface area contributed by atoms with E-state index in [1.54, 1.807) is 18.2 Å². The van der Waals surface area contributed by atoms with E-state index in [0.29, 0.717) is 10.7 Å².